The second-order valence-electron chi connectivity index (χ2n) is 6.06. The molecule has 0 fully saturated rings. The second kappa shape index (κ2) is 6.84. The first-order chi connectivity index (χ1) is 12.7. The van der Waals surface area contributed by atoms with E-state index < -0.39 is 0 Å². The number of hydrogen-bond acceptors (Lipinski definition) is 3. The zero-order valence-corrected chi connectivity index (χ0v) is 14.4. The molecule has 0 atom stereocenters. The maximum atomic E-state index is 12.2. The van der Waals surface area contributed by atoms with E-state index in [9.17, 15) is 4.79 Å². The summed E-state index contributed by atoms with van der Waals surface area (Å²) in [6, 6.07) is 22.9. The summed E-state index contributed by atoms with van der Waals surface area (Å²) >= 11 is 0. The Morgan fingerprint density at radius 1 is 0.885 bits per heavy atom. The maximum Gasteiger partial charge on any atom is 0.259 e. The maximum absolute atomic E-state index is 12.2. The summed E-state index contributed by atoms with van der Waals surface area (Å²) in [7, 11) is 0. The number of aryl methyl sites for hydroxylation is 1. The van der Waals surface area contributed by atoms with Gasteiger partial charge in [-0.2, -0.15) is 0 Å². The SMILES string of the molecule is CCc1ccc(Oc2ccc(-c3nc4ccccc4c(=O)[nH]3)cc2)cc1. The molecule has 4 heteroatoms. The highest BCUT2D eigenvalue weighted by molar-refractivity contribution is 5.79. The van der Waals surface area contributed by atoms with E-state index in [-0.39, 0.29) is 5.56 Å². The van der Waals surface area contributed by atoms with Crippen molar-refractivity contribution in [1.82, 2.24) is 9.97 Å². The predicted molar refractivity (Wildman–Crippen MR) is 104 cm³/mol. The lowest BCUT2D eigenvalue weighted by Crippen LogP contribution is -2.09. The van der Waals surface area contributed by atoms with E-state index in [2.05, 4.69) is 29.0 Å². The molecule has 0 radical (unpaired) electrons. The molecular formula is C22H18N2O2. The van der Waals surface area contributed by atoms with Crippen LogP contribution in [0.25, 0.3) is 22.3 Å². The average Bonchev–Trinajstić information content (AvgIpc) is 2.69. The summed E-state index contributed by atoms with van der Waals surface area (Å²) in [6.45, 7) is 2.12. The molecule has 0 aliphatic heterocycles. The van der Waals surface area contributed by atoms with Gasteiger partial charge in [-0.25, -0.2) is 4.98 Å². The Balaban J connectivity index is 1.60. The van der Waals surface area contributed by atoms with Crippen LogP contribution in [0.5, 0.6) is 11.5 Å². The Bertz CT molecular complexity index is 1100. The lowest BCUT2D eigenvalue weighted by atomic mass is 10.1. The van der Waals surface area contributed by atoms with Gasteiger partial charge in [-0.05, 0) is 60.5 Å². The zero-order valence-electron chi connectivity index (χ0n) is 14.4. The van der Waals surface area contributed by atoms with Gasteiger partial charge in [0, 0.05) is 5.56 Å². The van der Waals surface area contributed by atoms with Crippen molar-refractivity contribution in [2.24, 2.45) is 0 Å². The van der Waals surface area contributed by atoms with E-state index in [1.54, 1.807) is 6.07 Å². The van der Waals surface area contributed by atoms with Crippen LogP contribution in [0.4, 0.5) is 0 Å². The van der Waals surface area contributed by atoms with Crippen LogP contribution in [-0.4, -0.2) is 9.97 Å². The molecule has 0 amide bonds. The standard InChI is InChI=1S/C22H18N2O2/c1-2-15-7-11-17(12-8-15)26-18-13-9-16(10-14-18)21-23-20-6-4-3-5-19(20)22(25)24-21/h3-14H,2H2,1H3,(H,23,24,25). The van der Waals surface area contributed by atoms with Gasteiger partial charge in [0.25, 0.3) is 5.56 Å². The van der Waals surface area contributed by atoms with Crippen LogP contribution >= 0.6 is 0 Å². The monoisotopic (exact) mass is 342 g/mol. The highest BCUT2D eigenvalue weighted by Gasteiger charge is 2.06. The molecule has 0 unspecified atom stereocenters. The topological polar surface area (TPSA) is 55.0 Å². The number of aromatic amines is 1. The highest BCUT2D eigenvalue weighted by Crippen LogP contribution is 2.25. The van der Waals surface area contributed by atoms with Gasteiger partial charge in [0.15, 0.2) is 0 Å². The third-order valence-electron chi connectivity index (χ3n) is 4.31. The minimum atomic E-state index is -0.137. The molecule has 128 valence electrons. The third-order valence-corrected chi connectivity index (χ3v) is 4.31. The molecule has 0 saturated carbocycles. The Morgan fingerprint density at radius 2 is 1.54 bits per heavy atom. The van der Waals surface area contributed by atoms with Crippen LogP contribution in [0.1, 0.15) is 12.5 Å². The summed E-state index contributed by atoms with van der Waals surface area (Å²) in [4.78, 5) is 19.6. The van der Waals surface area contributed by atoms with Crippen molar-refractivity contribution in [1.29, 1.82) is 0 Å². The van der Waals surface area contributed by atoms with E-state index in [4.69, 9.17) is 4.74 Å². The molecule has 0 aliphatic carbocycles. The first kappa shape index (κ1) is 16.1. The summed E-state index contributed by atoms with van der Waals surface area (Å²) in [5.74, 6) is 2.08. The van der Waals surface area contributed by atoms with Gasteiger partial charge in [0.1, 0.15) is 17.3 Å². The lowest BCUT2D eigenvalue weighted by Gasteiger charge is -2.08. The number of ether oxygens (including phenoxy) is 1. The summed E-state index contributed by atoms with van der Waals surface area (Å²) < 4.78 is 5.87. The quantitative estimate of drug-likeness (QED) is 0.571. The molecule has 0 bridgehead atoms. The summed E-state index contributed by atoms with van der Waals surface area (Å²) in [5, 5.41) is 0.590. The minimum absolute atomic E-state index is 0.137. The van der Waals surface area contributed by atoms with Crippen molar-refractivity contribution in [2.75, 3.05) is 0 Å². The van der Waals surface area contributed by atoms with Gasteiger partial charge >= 0.3 is 0 Å². The van der Waals surface area contributed by atoms with Crippen molar-refractivity contribution < 1.29 is 4.74 Å². The summed E-state index contributed by atoms with van der Waals surface area (Å²) in [6.07, 6.45) is 1.01. The van der Waals surface area contributed by atoms with E-state index in [0.717, 1.165) is 23.5 Å². The van der Waals surface area contributed by atoms with Crippen LogP contribution in [0, 0.1) is 0 Å². The molecular weight excluding hydrogens is 324 g/mol. The number of hydrogen-bond donors (Lipinski definition) is 1. The third kappa shape index (κ3) is 3.22. The Kier molecular flexibility index (Phi) is 4.23. The molecule has 4 aromatic rings. The Morgan fingerprint density at radius 3 is 2.23 bits per heavy atom. The Labute approximate surface area is 151 Å². The molecule has 0 aliphatic rings. The summed E-state index contributed by atoms with van der Waals surface area (Å²) in [5.41, 5.74) is 2.66. The predicted octanol–water partition coefficient (Wildman–Crippen LogP) is 4.94. The van der Waals surface area contributed by atoms with Crippen molar-refractivity contribution >= 4 is 10.9 Å². The largest absolute Gasteiger partial charge is 0.457 e. The number of H-pyrrole nitrogens is 1. The normalized spacial score (nSPS) is 10.8. The van der Waals surface area contributed by atoms with Crippen LogP contribution in [-0.2, 0) is 6.42 Å². The number of nitrogens with one attached hydrogen (secondary N) is 1. The smallest absolute Gasteiger partial charge is 0.259 e. The zero-order chi connectivity index (χ0) is 17.9. The molecule has 0 saturated heterocycles. The number of aromatic nitrogens is 2. The number of para-hydroxylation sites is 1. The number of fused-ring (bicyclic) bond motifs is 1. The molecule has 26 heavy (non-hydrogen) atoms. The van der Waals surface area contributed by atoms with Crippen molar-refractivity contribution in [3.63, 3.8) is 0 Å². The van der Waals surface area contributed by atoms with Crippen LogP contribution in [0.2, 0.25) is 0 Å². The van der Waals surface area contributed by atoms with Crippen LogP contribution in [0.3, 0.4) is 0 Å². The minimum Gasteiger partial charge on any atom is -0.457 e. The van der Waals surface area contributed by atoms with Crippen LogP contribution < -0.4 is 10.3 Å². The van der Waals surface area contributed by atoms with Crippen molar-refractivity contribution in [3.05, 3.63) is 88.7 Å². The number of rotatable bonds is 4. The van der Waals surface area contributed by atoms with Crippen LogP contribution in [0.15, 0.2) is 77.6 Å². The molecule has 0 spiro atoms. The van der Waals surface area contributed by atoms with Gasteiger partial charge < -0.3 is 9.72 Å². The Hall–Kier alpha value is -3.40. The van der Waals surface area contributed by atoms with Gasteiger partial charge in [-0.3, -0.25) is 4.79 Å². The van der Waals surface area contributed by atoms with Crippen molar-refractivity contribution in [2.45, 2.75) is 13.3 Å². The molecule has 1 heterocycles. The molecule has 4 rings (SSSR count). The van der Waals surface area contributed by atoms with Gasteiger partial charge in [-0.1, -0.05) is 31.2 Å². The molecule has 4 nitrogen and oxygen atoms in total. The van der Waals surface area contributed by atoms with E-state index in [1.165, 1.54) is 5.56 Å². The average molecular weight is 342 g/mol. The number of nitrogens with zero attached hydrogens (tertiary/aromatic N) is 1. The fourth-order valence-electron chi connectivity index (χ4n) is 2.83. The van der Waals surface area contributed by atoms with E-state index >= 15 is 0 Å². The molecule has 3 aromatic carbocycles. The van der Waals surface area contributed by atoms with Crippen molar-refractivity contribution in [3.8, 4) is 22.9 Å². The second-order valence-corrected chi connectivity index (χ2v) is 6.06. The van der Waals surface area contributed by atoms with Gasteiger partial charge in [0.05, 0.1) is 10.9 Å². The van der Waals surface area contributed by atoms with E-state index in [1.807, 2.05) is 54.6 Å². The van der Waals surface area contributed by atoms with E-state index in [0.29, 0.717) is 16.7 Å². The fourth-order valence-corrected chi connectivity index (χ4v) is 2.83. The van der Waals surface area contributed by atoms with Gasteiger partial charge in [0.2, 0.25) is 0 Å². The first-order valence-electron chi connectivity index (χ1n) is 8.59. The first-order valence-corrected chi connectivity index (χ1v) is 8.59. The molecule has 1 aromatic heterocycles. The highest BCUT2D eigenvalue weighted by atomic mass is 16.5. The fraction of sp³-hybridized carbons (Fsp3) is 0.0909. The number of benzene rings is 3. The van der Waals surface area contributed by atoms with Gasteiger partial charge in [-0.15, -0.1) is 0 Å². The molecule has 1 N–H and O–H groups in total. The lowest BCUT2D eigenvalue weighted by molar-refractivity contribution is 0.482.